The third-order valence-electron chi connectivity index (χ3n) is 2.33. The predicted molar refractivity (Wildman–Crippen MR) is 63.8 cm³/mol. The van der Waals surface area contributed by atoms with Crippen LogP contribution >= 0.6 is 11.6 Å². The summed E-state index contributed by atoms with van der Waals surface area (Å²) in [7, 11) is 0. The van der Waals surface area contributed by atoms with E-state index in [1.807, 2.05) is 0 Å². The molecule has 16 heavy (non-hydrogen) atoms. The summed E-state index contributed by atoms with van der Waals surface area (Å²) < 4.78 is 13.1. The van der Waals surface area contributed by atoms with Gasteiger partial charge in [-0.1, -0.05) is 11.6 Å². The molecular formula is C12H10ClFN2. The Morgan fingerprint density at radius 2 is 2.00 bits per heavy atom. The molecule has 0 bridgehead atoms. The molecule has 0 aliphatic rings. The second kappa shape index (κ2) is 4.10. The van der Waals surface area contributed by atoms with E-state index in [1.165, 1.54) is 18.2 Å². The Balaban J connectivity index is 2.58. The van der Waals surface area contributed by atoms with Crippen molar-refractivity contribution >= 4 is 17.3 Å². The highest BCUT2D eigenvalue weighted by Crippen LogP contribution is 2.28. The number of rotatable bonds is 1. The van der Waals surface area contributed by atoms with E-state index in [0.29, 0.717) is 27.7 Å². The summed E-state index contributed by atoms with van der Waals surface area (Å²) in [6.45, 7) is 1.80. The number of pyridine rings is 1. The number of nitrogens with zero attached hydrogens (tertiary/aromatic N) is 1. The largest absolute Gasteiger partial charge is 0.397 e. The fraction of sp³-hybridized carbons (Fsp3) is 0.0833. The fourth-order valence-corrected chi connectivity index (χ4v) is 1.63. The summed E-state index contributed by atoms with van der Waals surface area (Å²) in [4.78, 5) is 4.27. The van der Waals surface area contributed by atoms with Crippen LogP contribution in [0.4, 0.5) is 10.1 Å². The van der Waals surface area contributed by atoms with Crippen LogP contribution in [0.5, 0.6) is 0 Å². The highest BCUT2D eigenvalue weighted by atomic mass is 35.5. The smallest absolute Gasteiger partial charge is 0.123 e. The lowest BCUT2D eigenvalue weighted by molar-refractivity contribution is 0.628. The van der Waals surface area contributed by atoms with Crippen LogP contribution in [-0.2, 0) is 0 Å². The second-order valence-electron chi connectivity index (χ2n) is 3.50. The van der Waals surface area contributed by atoms with Crippen molar-refractivity contribution in [2.24, 2.45) is 0 Å². The van der Waals surface area contributed by atoms with Crippen LogP contribution in [0.3, 0.4) is 0 Å². The number of nitrogens with two attached hydrogens (primary N) is 1. The number of benzene rings is 1. The van der Waals surface area contributed by atoms with E-state index in [0.717, 1.165) is 0 Å². The molecule has 0 amide bonds. The van der Waals surface area contributed by atoms with Crippen molar-refractivity contribution in [2.45, 2.75) is 6.92 Å². The summed E-state index contributed by atoms with van der Waals surface area (Å²) in [6, 6.07) is 7.65. The van der Waals surface area contributed by atoms with Crippen LogP contribution in [0.25, 0.3) is 11.3 Å². The maximum atomic E-state index is 13.1. The topological polar surface area (TPSA) is 38.9 Å². The third kappa shape index (κ3) is 1.99. The molecule has 0 spiro atoms. The Bertz CT molecular complexity index is 541. The molecule has 2 rings (SSSR count). The van der Waals surface area contributed by atoms with Gasteiger partial charge in [-0.25, -0.2) is 4.39 Å². The molecule has 0 atom stereocenters. The van der Waals surface area contributed by atoms with Gasteiger partial charge in [0, 0.05) is 5.56 Å². The molecule has 2 aromatic rings. The van der Waals surface area contributed by atoms with Crippen molar-refractivity contribution in [3.63, 3.8) is 0 Å². The molecule has 1 heterocycles. The third-order valence-corrected chi connectivity index (χ3v) is 2.66. The minimum Gasteiger partial charge on any atom is -0.397 e. The minimum absolute atomic E-state index is 0.337. The van der Waals surface area contributed by atoms with E-state index in [4.69, 9.17) is 17.3 Å². The van der Waals surface area contributed by atoms with Gasteiger partial charge in [-0.3, -0.25) is 4.98 Å². The van der Waals surface area contributed by atoms with Crippen molar-refractivity contribution in [1.29, 1.82) is 0 Å². The number of aromatic nitrogens is 1. The van der Waals surface area contributed by atoms with Crippen molar-refractivity contribution in [3.05, 3.63) is 46.9 Å². The predicted octanol–water partition coefficient (Wildman–Crippen LogP) is 3.43. The van der Waals surface area contributed by atoms with Crippen molar-refractivity contribution in [2.75, 3.05) is 5.73 Å². The van der Waals surface area contributed by atoms with E-state index in [9.17, 15) is 4.39 Å². The van der Waals surface area contributed by atoms with Gasteiger partial charge >= 0.3 is 0 Å². The van der Waals surface area contributed by atoms with Gasteiger partial charge in [-0.15, -0.1) is 0 Å². The standard InChI is InChI=1S/C12H10ClFN2/c1-7-11(15)4-5-12(16-7)9-6-8(14)2-3-10(9)13/h2-6H,15H2,1H3. The molecular weight excluding hydrogens is 227 g/mol. The molecule has 1 aromatic carbocycles. The first-order valence-corrected chi connectivity index (χ1v) is 5.14. The van der Waals surface area contributed by atoms with Gasteiger partial charge in [0.2, 0.25) is 0 Å². The number of hydrogen-bond acceptors (Lipinski definition) is 2. The zero-order valence-electron chi connectivity index (χ0n) is 8.67. The van der Waals surface area contributed by atoms with Crippen LogP contribution in [0, 0.1) is 12.7 Å². The fourth-order valence-electron chi connectivity index (χ4n) is 1.42. The van der Waals surface area contributed by atoms with E-state index in [1.54, 1.807) is 19.1 Å². The van der Waals surface area contributed by atoms with Crippen LogP contribution in [0.15, 0.2) is 30.3 Å². The maximum absolute atomic E-state index is 13.1. The van der Waals surface area contributed by atoms with E-state index < -0.39 is 0 Å². The molecule has 0 radical (unpaired) electrons. The first kappa shape index (κ1) is 10.9. The Morgan fingerprint density at radius 1 is 1.25 bits per heavy atom. The SMILES string of the molecule is Cc1nc(-c2cc(F)ccc2Cl)ccc1N. The monoisotopic (exact) mass is 236 g/mol. The highest BCUT2D eigenvalue weighted by Gasteiger charge is 2.07. The molecule has 0 saturated heterocycles. The molecule has 0 unspecified atom stereocenters. The number of halogens is 2. The maximum Gasteiger partial charge on any atom is 0.123 e. The van der Waals surface area contributed by atoms with E-state index in [2.05, 4.69) is 4.98 Å². The Kier molecular flexibility index (Phi) is 2.79. The molecule has 2 N–H and O–H groups in total. The molecule has 1 aromatic heterocycles. The number of hydrogen-bond donors (Lipinski definition) is 1. The molecule has 0 saturated carbocycles. The van der Waals surface area contributed by atoms with E-state index >= 15 is 0 Å². The Labute approximate surface area is 97.9 Å². The van der Waals surface area contributed by atoms with Gasteiger partial charge < -0.3 is 5.73 Å². The summed E-state index contributed by atoms with van der Waals surface area (Å²) >= 11 is 5.98. The van der Waals surface area contributed by atoms with Gasteiger partial charge in [0.15, 0.2) is 0 Å². The Hall–Kier alpha value is -1.61. The summed E-state index contributed by atoms with van der Waals surface area (Å²) in [5, 5.41) is 0.470. The minimum atomic E-state index is -0.337. The van der Waals surface area contributed by atoms with Crippen molar-refractivity contribution in [1.82, 2.24) is 4.98 Å². The van der Waals surface area contributed by atoms with Crippen molar-refractivity contribution < 1.29 is 4.39 Å². The number of aryl methyl sites for hydroxylation is 1. The molecule has 0 aliphatic carbocycles. The second-order valence-corrected chi connectivity index (χ2v) is 3.90. The van der Waals surface area contributed by atoms with Crippen LogP contribution in [0.2, 0.25) is 5.02 Å². The highest BCUT2D eigenvalue weighted by molar-refractivity contribution is 6.33. The van der Waals surface area contributed by atoms with Crippen LogP contribution in [0.1, 0.15) is 5.69 Å². The zero-order chi connectivity index (χ0) is 11.7. The average Bonchev–Trinajstić information content (AvgIpc) is 2.26. The van der Waals surface area contributed by atoms with Gasteiger partial charge in [0.05, 0.1) is 22.1 Å². The van der Waals surface area contributed by atoms with Crippen molar-refractivity contribution in [3.8, 4) is 11.3 Å². The Morgan fingerprint density at radius 3 is 2.69 bits per heavy atom. The molecule has 2 nitrogen and oxygen atoms in total. The van der Waals surface area contributed by atoms with Gasteiger partial charge in [-0.05, 0) is 37.3 Å². The lowest BCUT2D eigenvalue weighted by Crippen LogP contribution is -1.94. The first-order valence-electron chi connectivity index (χ1n) is 4.76. The zero-order valence-corrected chi connectivity index (χ0v) is 9.42. The molecule has 0 fully saturated rings. The van der Waals surface area contributed by atoms with Gasteiger partial charge in [-0.2, -0.15) is 0 Å². The van der Waals surface area contributed by atoms with Gasteiger partial charge in [0.25, 0.3) is 0 Å². The average molecular weight is 237 g/mol. The summed E-state index contributed by atoms with van der Waals surface area (Å²) in [5.41, 5.74) is 8.17. The molecule has 0 aliphatic heterocycles. The van der Waals surface area contributed by atoms with Crippen LogP contribution < -0.4 is 5.73 Å². The lowest BCUT2D eigenvalue weighted by Gasteiger charge is -2.06. The number of anilines is 1. The molecule has 82 valence electrons. The lowest BCUT2D eigenvalue weighted by atomic mass is 10.1. The normalized spacial score (nSPS) is 10.4. The quantitative estimate of drug-likeness (QED) is 0.824. The van der Waals surface area contributed by atoms with Crippen LogP contribution in [-0.4, -0.2) is 4.98 Å². The number of nitrogen functional groups attached to an aromatic ring is 1. The summed E-state index contributed by atoms with van der Waals surface area (Å²) in [5.74, 6) is -0.337. The summed E-state index contributed by atoms with van der Waals surface area (Å²) in [6.07, 6.45) is 0. The molecule has 4 heteroatoms. The first-order chi connectivity index (χ1) is 7.58. The van der Waals surface area contributed by atoms with Gasteiger partial charge in [0.1, 0.15) is 5.82 Å². The van der Waals surface area contributed by atoms with E-state index in [-0.39, 0.29) is 5.82 Å².